The zero-order chi connectivity index (χ0) is 15.7. The average Bonchev–Trinajstić information content (AvgIpc) is 2.23. The Kier molecular flexibility index (Phi) is 4.52. The Hall–Kier alpha value is -1.52. The smallest absolute Gasteiger partial charge is 0.422 e. The summed E-state index contributed by atoms with van der Waals surface area (Å²) in [7, 11) is 0. The predicted octanol–water partition coefficient (Wildman–Crippen LogP) is 4.32. The molecule has 112 valence electrons. The van der Waals surface area contributed by atoms with Gasteiger partial charge in [-0.05, 0) is 15.9 Å². The number of hydrogen-bond donors (Lipinski definition) is 0. The number of hydrogen-bond acceptors (Lipinski definition) is 3. The van der Waals surface area contributed by atoms with Crippen molar-refractivity contribution in [2.45, 2.75) is 12.4 Å². The van der Waals surface area contributed by atoms with Gasteiger partial charge in [0.05, 0.1) is 10.5 Å². The Morgan fingerprint density at radius 1 is 1.20 bits per heavy atom. The molecule has 11 heteroatoms. The molecule has 0 bridgehead atoms. The van der Waals surface area contributed by atoms with E-state index in [0.29, 0.717) is 6.07 Å². The summed E-state index contributed by atoms with van der Waals surface area (Å²) in [5.74, 6) is -1.11. The summed E-state index contributed by atoms with van der Waals surface area (Å²) in [5.41, 5.74) is -2.38. The second-order valence-electron chi connectivity index (χ2n) is 3.46. The number of benzene rings is 1. The molecule has 0 amide bonds. The number of nitro groups is 1. The minimum atomic E-state index is -4.90. The molecule has 4 nitrogen and oxygen atoms in total. The van der Waals surface area contributed by atoms with Crippen LogP contribution in [0.1, 0.15) is 5.56 Å². The summed E-state index contributed by atoms with van der Waals surface area (Å²) in [6.07, 6.45) is -9.73. The predicted molar refractivity (Wildman–Crippen MR) is 57.3 cm³/mol. The van der Waals surface area contributed by atoms with Crippen LogP contribution in [-0.2, 0) is 6.18 Å². The fourth-order valence-corrected chi connectivity index (χ4v) is 1.73. The van der Waals surface area contributed by atoms with Gasteiger partial charge >= 0.3 is 18.0 Å². The van der Waals surface area contributed by atoms with Gasteiger partial charge in [-0.3, -0.25) is 10.1 Å². The van der Waals surface area contributed by atoms with Crippen LogP contribution in [0.15, 0.2) is 16.6 Å². The average molecular weight is 368 g/mol. The van der Waals surface area contributed by atoms with Crippen molar-refractivity contribution in [2.75, 3.05) is 6.61 Å². The molecule has 1 aromatic carbocycles. The van der Waals surface area contributed by atoms with E-state index >= 15 is 0 Å². The number of ether oxygens (including phenoxy) is 1. The third-order valence-electron chi connectivity index (χ3n) is 1.94. The van der Waals surface area contributed by atoms with Crippen molar-refractivity contribution in [3.8, 4) is 5.75 Å². The molecule has 0 unspecified atom stereocenters. The van der Waals surface area contributed by atoms with Gasteiger partial charge in [-0.25, -0.2) is 0 Å². The fourth-order valence-electron chi connectivity index (χ4n) is 1.18. The van der Waals surface area contributed by atoms with E-state index in [9.17, 15) is 36.5 Å². The number of nitrogens with zero attached hydrogens (tertiary/aromatic N) is 1. The van der Waals surface area contributed by atoms with Crippen molar-refractivity contribution in [1.82, 2.24) is 0 Å². The molecule has 0 fully saturated rings. The van der Waals surface area contributed by atoms with E-state index in [4.69, 9.17) is 0 Å². The normalized spacial score (nSPS) is 12.3. The second kappa shape index (κ2) is 5.46. The number of alkyl halides is 6. The minimum Gasteiger partial charge on any atom is -0.477 e. The van der Waals surface area contributed by atoms with Crippen LogP contribution in [-0.4, -0.2) is 17.7 Å². The van der Waals surface area contributed by atoms with E-state index in [-0.39, 0.29) is 6.07 Å². The van der Waals surface area contributed by atoms with Crippen molar-refractivity contribution in [3.05, 3.63) is 32.3 Å². The summed E-state index contributed by atoms with van der Waals surface area (Å²) < 4.78 is 77.0. The molecular weight excluding hydrogens is 364 g/mol. The SMILES string of the molecule is O=[N+]([O-])c1cc(Br)c(C(F)(F)F)cc1OCC(F)(F)F. The third kappa shape index (κ3) is 4.25. The van der Waals surface area contributed by atoms with Crippen LogP contribution < -0.4 is 4.74 Å². The fraction of sp³-hybridized carbons (Fsp3) is 0.333. The van der Waals surface area contributed by atoms with E-state index in [2.05, 4.69) is 20.7 Å². The van der Waals surface area contributed by atoms with E-state index in [0.717, 1.165) is 0 Å². The molecule has 0 aromatic heterocycles. The lowest BCUT2D eigenvalue weighted by Gasteiger charge is -2.13. The summed E-state index contributed by atoms with van der Waals surface area (Å²) in [6, 6.07) is 0.586. The van der Waals surface area contributed by atoms with Gasteiger partial charge in [0.2, 0.25) is 0 Å². The maximum Gasteiger partial charge on any atom is 0.422 e. The summed E-state index contributed by atoms with van der Waals surface area (Å²) in [5, 5.41) is 10.6. The first-order valence-corrected chi connectivity index (χ1v) is 5.46. The largest absolute Gasteiger partial charge is 0.477 e. The third-order valence-corrected chi connectivity index (χ3v) is 2.60. The first kappa shape index (κ1) is 16.5. The van der Waals surface area contributed by atoms with Crippen molar-refractivity contribution in [1.29, 1.82) is 0 Å². The lowest BCUT2D eigenvalue weighted by molar-refractivity contribution is -0.386. The molecule has 0 aliphatic carbocycles. The van der Waals surface area contributed by atoms with E-state index in [1.54, 1.807) is 0 Å². The van der Waals surface area contributed by atoms with E-state index in [1.165, 1.54) is 0 Å². The van der Waals surface area contributed by atoms with Crippen LogP contribution >= 0.6 is 15.9 Å². The van der Waals surface area contributed by atoms with Crippen LogP contribution in [0.3, 0.4) is 0 Å². The highest BCUT2D eigenvalue weighted by atomic mass is 79.9. The first-order valence-electron chi connectivity index (χ1n) is 4.66. The Balaban J connectivity index is 3.28. The first-order chi connectivity index (χ1) is 8.92. The molecule has 0 aliphatic rings. The van der Waals surface area contributed by atoms with Crippen molar-refractivity contribution in [2.24, 2.45) is 0 Å². The van der Waals surface area contributed by atoms with Gasteiger partial charge in [-0.1, -0.05) is 0 Å². The molecule has 1 aromatic rings. The standard InChI is InChI=1S/C9H4BrF6NO3/c10-5-2-6(17(18)19)7(20-3-8(11,12)13)1-4(5)9(14,15)16/h1-2H,3H2. The van der Waals surface area contributed by atoms with Crippen molar-refractivity contribution in [3.63, 3.8) is 0 Å². The summed E-state index contributed by atoms with van der Waals surface area (Å²) in [4.78, 5) is 9.46. The van der Waals surface area contributed by atoms with Crippen LogP contribution in [0, 0.1) is 10.1 Å². The molecule has 0 aliphatic heterocycles. The lowest BCUT2D eigenvalue weighted by Crippen LogP contribution is -2.20. The van der Waals surface area contributed by atoms with E-state index < -0.39 is 45.4 Å². The molecule has 0 atom stereocenters. The van der Waals surface area contributed by atoms with Gasteiger partial charge in [0.1, 0.15) is 0 Å². The number of halogens is 7. The summed E-state index contributed by atoms with van der Waals surface area (Å²) >= 11 is 2.47. The molecular formula is C9H4BrF6NO3. The number of rotatable bonds is 3. The van der Waals surface area contributed by atoms with Crippen LogP contribution in [0.2, 0.25) is 0 Å². The van der Waals surface area contributed by atoms with E-state index in [1.807, 2.05) is 0 Å². The van der Waals surface area contributed by atoms with Crippen LogP contribution in [0.25, 0.3) is 0 Å². The van der Waals surface area contributed by atoms with Gasteiger partial charge in [-0.2, -0.15) is 26.3 Å². The van der Waals surface area contributed by atoms with Crippen LogP contribution in [0.4, 0.5) is 32.0 Å². The number of nitro benzene ring substituents is 1. The molecule has 0 heterocycles. The maximum atomic E-state index is 12.6. The van der Waals surface area contributed by atoms with Crippen molar-refractivity contribution >= 4 is 21.6 Å². The molecule has 1 rings (SSSR count). The lowest BCUT2D eigenvalue weighted by atomic mass is 10.2. The van der Waals surface area contributed by atoms with Gasteiger partial charge in [0.25, 0.3) is 0 Å². The highest BCUT2D eigenvalue weighted by molar-refractivity contribution is 9.10. The molecule has 20 heavy (non-hydrogen) atoms. The zero-order valence-corrected chi connectivity index (χ0v) is 10.8. The Morgan fingerprint density at radius 2 is 1.75 bits per heavy atom. The molecule has 0 saturated heterocycles. The molecule has 0 radical (unpaired) electrons. The van der Waals surface area contributed by atoms with Crippen molar-refractivity contribution < 1.29 is 36.0 Å². The van der Waals surface area contributed by atoms with Gasteiger partial charge in [0.15, 0.2) is 12.4 Å². The highest BCUT2D eigenvalue weighted by Gasteiger charge is 2.37. The Morgan fingerprint density at radius 3 is 2.15 bits per heavy atom. The molecule has 0 spiro atoms. The quantitative estimate of drug-likeness (QED) is 0.454. The summed E-state index contributed by atoms with van der Waals surface area (Å²) in [6.45, 7) is -1.94. The highest BCUT2D eigenvalue weighted by Crippen LogP contribution is 2.41. The maximum absolute atomic E-state index is 12.6. The van der Waals surface area contributed by atoms with Gasteiger partial charge in [-0.15, -0.1) is 0 Å². The Bertz CT molecular complexity index is 528. The molecule has 0 N–H and O–H groups in total. The molecule has 0 saturated carbocycles. The Labute approximate surface area is 115 Å². The topological polar surface area (TPSA) is 52.4 Å². The minimum absolute atomic E-state index is 0.147. The zero-order valence-electron chi connectivity index (χ0n) is 9.18. The monoisotopic (exact) mass is 367 g/mol. The van der Waals surface area contributed by atoms with Crippen LogP contribution in [0.5, 0.6) is 5.75 Å². The second-order valence-corrected chi connectivity index (χ2v) is 4.31. The van der Waals surface area contributed by atoms with Gasteiger partial charge < -0.3 is 4.74 Å². The van der Waals surface area contributed by atoms with Gasteiger partial charge in [0, 0.05) is 16.6 Å².